The summed E-state index contributed by atoms with van der Waals surface area (Å²) in [5.41, 5.74) is 1.72. The van der Waals surface area contributed by atoms with Crippen molar-refractivity contribution >= 4 is 17.5 Å². The second-order valence-corrected chi connectivity index (χ2v) is 3.84. The van der Waals surface area contributed by atoms with Gasteiger partial charge in [0.25, 0.3) is 0 Å². The fourth-order valence-corrected chi connectivity index (χ4v) is 2.06. The van der Waals surface area contributed by atoms with Crippen LogP contribution in [-0.4, -0.2) is 30.0 Å². The van der Waals surface area contributed by atoms with Crippen molar-refractivity contribution in [3.8, 4) is 22.8 Å². The lowest BCUT2D eigenvalue weighted by atomic mass is 10.1. The zero-order valence-electron chi connectivity index (χ0n) is 9.85. The Morgan fingerprint density at radius 1 is 1.06 bits per heavy atom. The molecular weight excluding hydrogens is 238 g/mol. The Kier molecular flexibility index (Phi) is 3.43. The molecule has 0 amide bonds. The number of anilines is 1. The summed E-state index contributed by atoms with van der Waals surface area (Å²) < 4.78 is 18.9. The second kappa shape index (κ2) is 5.01. The second-order valence-electron chi connectivity index (χ2n) is 3.31. The minimum Gasteiger partial charge on any atom is -0.497 e. The van der Waals surface area contributed by atoms with Crippen LogP contribution in [0.3, 0.4) is 0 Å². The minimum absolute atomic E-state index is 0.731. The van der Waals surface area contributed by atoms with Crippen LogP contribution in [0.1, 0.15) is 0 Å². The van der Waals surface area contributed by atoms with Crippen LogP contribution in [0.4, 0.5) is 5.82 Å². The van der Waals surface area contributed by atoms with E-state index in [0.717, 1.165) is 28.6 Å². The summed E-state index contributed by atoms with van der Waals surface area (Å²) in [7, 11) is 5.06. The van der Waals surface area contributed by atoms with Gasteiger partial charge in [-0.3, -0.25) is 0 Å². The summed E-state index contributed by atoms with van der Waals surface area (Å²) >= 11 is 1.17. The third-order valence-electron chi connectivity index (χ3n) is 2.35. The van der Waals surface area contributed by atoms with Crippen LogP contribution in [0.2, 0.25) is 0 Å². The third-order valence-corrected chi connectivity index (χ3v) is 2.88. The summed E-state index contributed by atoms with van der Waals surface area (Å²) in [4.78, 5) is 0. The van der Waals surface area contributed by atoms with Crippen molar-refractivity contribution in [2.24, 2.45) is 0 Å². The molecule has 0 spiro atoms. The number of methoxy groups -OCH3 is 2. The summed E-state index contributed by atoms with van der Waals surface area (Å²) in [5.74, 6) is 2.22. The summed E-state index contributed by atoms with van der Waals surface area (Å²) in [6, 6.07) is 5.63. The molecule has 0 aliphatic heterocycles. The van der Waals surface area contributed by atoms with Gasteiger partial charge in [0.15, 0.2) is 5.82 Å². The molecule has 0 bridgehead atoms. The topological polar surface area (TPSA) is 56.3 Å². The standard InChI is InChI=1S/C11H13N3O2S/c1-12-11-10(13-17-14-11)7-4-8(15-2)6-9(5-7)16-3/h4-6H,1-3H3,(H,12,14). The molecule has 1 heterocycles. The summed E-state index contributed by atoms with van der Waals surface area (Å²) in [6.07, 6.45) is 0. The van der Waals surface area contributed by atoms with E-state index in [1.807, 2.05) is 25.2 Å². The molecule has 1 aromatic carbocycles. The van der Waals surface area contributed by atoms with Crippen molar-refractivity contribution < 1.29 is 9.47 Å². The van der Waals surface area contributed by atoms with Crippen molar-refractivity contribution in [2.45, 2.75) is 0 Å². The van der Waals surface area contributed by atoms with Gasteiger partial charge in [0.2, 0.25) is 0 Å². The van der Waals surface area contributed by atoms with Gasteiger partial charge in [0.05, 0.1) is 25.9 Å². The van der Waals surface area contributed by atoms with Crippen LogP contribution in [-0.2, 0) is 0 Å². The van der Waals surface area contributed by atoms with E-state index in [9.17, 15) is 0 Å². The third kappa shape index (κ3) is 2.31. The van der Waals surface area contributed by atoms with Crippen molar-refractivity contribution in [3.63, 3.8) is 0 Å². The Morgan fingerprint density at radius 3 is 2.24 bits per heavy atom. The van der Waals surface area contributed by atoms with Crippen LogP contribution in [0.15, 0.2) is 18.2 Å². The molecule has 0 fully saturated rings. The highest BCUT2D eigenvalue weighted by molar-refractivity contribution is 6.99. The molecule has 0 radical (unpaired) electrons. The highest BCUT2D eigenvalue weighted by Gasteiger charge is 2.11. The van der Waals surface area contributed by atoms with Gasteiger partial charge < -0.3 is 14.8 Å². The van der Waals surface area contributed by atoms with E-state index >= 15 is 0 Å². The first-order chi connectivity index (χ1) is 8.28. The Hall–Kier alpha value is -1.82. The first-order valence-electron chi connectivity index (χ1n) is 5.02. The average Bonchev–Trinajstić information content (AvgIpc) is 2.86. The predicted molar refractivity (Wildman–Crippen MR) is 68.0 cm³/mol. The van der Waals surface area contributed by atoms with Gasteiger partial charge in [-0.25, -0.2) is 0 Å². The van der Waals surface area contributed by atoms with Crippen molar-refractivity contribution in [2.75, 3.05) is 26.6 Å². The quantitative estimate of drug-likeness (QED) is 0.903. The monoisotopic (exact) mass is 251 g/mol. The highest BCUT2D eigenvalue weighted by Crippen LogP contribution is 2.32. The molecule has 1 N–H and O–H groups in total. The molecule has 0 atom stereocenters. The maximum Gasteiger partial charge on any atom is 0.167 e. The molecule has 6 heteroatoms. The van der Waals surface area contributed by atoms with E-state index in [-0.39, 0.29) is 0 Å². The Morgan fingerprint density at radius 2 is 1.71 bits per heavy atom. The van der Waals surface area contributed by atoms with Gasteiger partial charge in [0.1, 0.15) is 17.2 Å². The molecule has 0 aliphatic carbocycles. The molecule has 0 unspecified atom stereocenters. The number of rotatable bonds is 4. The van der Waals surface area contributed by atoms with Crippen LogP contribution in [0, 0.1) is 0 Å². The molecule has 2 aromatic rings. The van der Waals surface area contributed by atoms with Gasteiger partial charge in [0, 0.05) is 18.7 Å². The lowest BCUT2D eigenvalue weighted by molar-refractivity contribution is 0.394. The largest absolute Gasteiger partial charge is 0.497 e. The number of hydrogen-bond donors (Lipinski definition) is 1. The summed E-state index contributed by atoms with van der Waals surface area (Å²) in [5, 5.41) is 3.00. The van der Waals surface area contributed by atoms with Crippen molar-refractivity contribution in [1.82, 2.24) is 8.75 Å². The van der Waals surface area contributed by atoms with E-state index in [1.54, 1.807) is 14.2 Å². The molecule has 0 saturated heterocycles. The fourth-order valence-electron chi connectivity index (χ4n) is 1.49. The molecule has 0 aliphatic rings. The highest BCUT2D eigenvalue weighted by atomic mass is 32.1. The molecule has 5 nitrogen and oxygen atoms in total. The van der Waals surface area contributed by atoms with Crippen LogP contribution in [0.5, 0.6) is 11.5 Å². The summed E-state index contributed by atoms with van der Waals surface area (Å²) in [6.45, 7) is 0. The molecular formula is C11H13N3O2S. The zero-order chi connectivity index (χ0) is 12.3. The fraction of sp³-hybridized carbons (Fsp3) is 0.273. The maximum absolute atomic E-state index is 5.22. The van der Waals surface area contributed by atoms with Gasteiger partial charge >= 0.3 is 0 Å². The number of hydrogen-bond acceptors (Lipinski definition) is 6. The number of nitrogens with zero attached hydrogens (tertiary/aromatic N) is 2. The SMILES string of the molecule is CNc1nsnc1-c1cc(OC)cc(OC)c1. The Labute approximate surface area is 104 Å². The molecule has 17 heavy (non-hydrogen) atoms. The van der Waals surface area contributed by atoms with E-state index < -0.39 is 0 Å². The Bertz CT molecular complexity index is 491. The molecule has 90 valence electrons. The van der Waals surface area contributed by atoms with Crippen LogP contribution >= 0.6 is 11.7 Å². The Balaban J connectivity index is 2.51. The number of nitrogens with one attached hydrogen (secondary N) is 1. The minimum atomic E-state index is 0.731. The van der Waals surface area contributed by atoms with Crippen LogP contribution < -0.4 is 14.8 Å². The first-order valence-corrected chi connectivity index (χ1v) is 5.75. The number of ether oxygens (including phenoxy) is 2. The van der Waals surface area contributed by atoms with E-state index in [2.05, 4.69) is 14.1 Å². The lowest BCUT2D eigenvalue weighted by Crippen LogP contribution is -1.93. The lowest BCUT2D eigenvalue weighted by Gasteiger charge is -2.07. The first kappa shape index (κ1) is 11.7. The normalized spacial score (nSPS) is 10.1. The average molecular weight is 251 g/mol. The van der Waals surface area contributed by atoms with Crippen molar-refractivity contribution in [1.29, 1.82) is 0 Å². The molecule has 0 saturated carbocycles. The number of aromatic nitrogens is 2. The maximum atomic E-state index is 5.22. The van der Waals surface area contributed by atoms with Crippen LogP contribution in [0.25, 0.3) is 11.3 Å². The van der Waals surface area contributed by atoms with E-state index in [4.69, 9.17) is 9.47 Å². The zero-order valence-corrected chi connectivity index (χ0v) is 10.7. The van der Waals surface area contributed by atoms with E-state index in [0.29, 0.717) is 0 Å². The smallest absolute Gasteiger partial charge is 0.167 e. The van der Waals surface area contributed by atoms with Gasteiger partial charge in [-0.15, -0.1) is 0 Å². The van der Waals surface area contributed by atoms with Crippen molar-refractivity contribution in [3.05, 3.63) is 18.2 Å². The van der Waals surface area contributed by atoms with Gasteiger partial charge in [-0.05, 0) is 12.1 Å². The molecule has 1 aromatic heterocycles. The number of benzene rings is 1. The van der Waals surface area contributed by atoms with Gasteiger partial charge in [-0.2, -0.15) is 8.75 Å². The van der Waals surface area contributed by atoms with E-state index in [1.165, 1.54) is 11.7 Å². The predicted octanol–water partition coefficient (Wildman–Crippen LogP) is 2.26. The van der Waals surface area contributed by atoms with Gasteiger partial charge in [-0.1, -0.05) is 0 Å². The molecule has 2 rings (SSSR count).